The Bertz CT molecular complexity index is 208. The maximum Gasteiger partial charge on any atom is 0.242 e. The fourth-order valence-corrected chi connectivity index (χ4v) is 0.736. The van der Waals surface area contributed by atoms with Crippen molar-refractivity contribution in [3.05, 3.63) is 7.43 Å². The molecule has 0 saturated heterocycles. The van der Waals surface area contributed by atoms with Gasteiger partial charge in [0.15, 0.2) is 0 Å². The summed E-state index contributed by atoms with van der Waals surface area (Å²) in [4.78, 5) is 21.9. The second-order valence-electron chi connectivity index (χ2n) is 3.54. The molecule has 0 aromatic rings. The molecule has 4 nitrogen and oxygen atoms in total. The van der Waals surface area contributed by atoms with Crippen molar-refractivity contribution in [3.8, 4) is 0 Å². The Balaban J connectivity index is -0.0000000395. The van der Waals surface area contributed by atoms with Crippen LogP contribution < -0.4 is 10.6 Å². The third kappa shape index (κ3) is 26.2. The molecule has 127 valence electrons. The maximum absolute atomic E-state index is 11.1. The van der Waals surface area contributed by atoms with Crippen molar-refractivity contribution in [1.82, 2.24) is 10.6 Å². The molecule has 1 radical (unpaired) electrons. The van der Waals surface area contributed by atoms with Crippen LogP contribution in [0.25, 0.3) is 0 Å². The Labute approximate surface area is 141 Å². The Kier molecular flexibility index (Phi) is 42.8. The number of carbonyl (C=O) groups is 2. The summed E-state index contributed by atoms with van der Waals surface area (Å²) >= 11 is 0. The van der Waals surface area contributed by atoms with Crippen LogP contribution in [0.15, 0.2) is 0 Å². The third-order valence-electron chi connectivity index (χ3n) is 1.94. The molecule has 5 heteroatoms. The summed E-state index contributed by atoms with van der Waals surface area (Å²) in [6, 6.07) is -0.433. The molecule has 20 heavy (non-hydrogen) atoms. The monoisotopic (exact) mass is 330 g/mol. The van der Waals surface area contributed by atoms with Crippen molar-refractivity contribution in [2.24, 2.45) is 0 Å². The van der Waals surface area contributed by atoms with E-state index < -0.39 is 6.04 Å². The summed E-state index contributed by atoms with van der Waals surface area (Å²) in [5.41, 5.74) is 0. The second kappa shape index (κ2) is 27.0. The maximum atomic E-state index is 11.1. The molecule has 0 spiro atoms. The molecule has 0 rings (SSSR count). The van der Waals surface area contributed by atoms with Crippen molar-refractivity contribution in [2.45, 2.75) is 73.8 Å². The normalized spacial score (nSPS) is 8.95. The first-order valence-corrected chi connectivity index (χ1v) is 7.10. The molecule has 0 aromatic heterocycles. The number of hydrogen-bond acceptors (Lipinski definition) is 2. The predicted molar refractivity (Wildman–Crippen MR) is 89.2 cm³/mol. The first-order valence-electron chi connectivity index (χ1n) is 7.10. The SMILES string of the molecule is CC.CCCC.CCNC(=O)[C@@H](C)NC(=O)CC.[CH3-].[HH].[HH].[V]. The van der Waals surface area contributed by atoms with Gasteiger partial charge in [0.1, 0.15) is 6.04 Å². The van der Waals surface area contributed by atoms with E-state index in [0.717, 1.165) is 0 Å². The van der Waals surface area contributed by atoms with E-state index in [0.29, 0.717) is 13.0 Å². The molecule has 0 unspecified atom stereocenters. The van der Waals surface area contributed by atoms with E-state index in [-0.39, 0.29) is 40.6 Å². The van der Waals surface area contributed by atoms with Crippen molar-refractivity contribution < 1.29 is 31.0 Å². The summed E-state index contributed by atoms with van der Waals surface area (Å²) in [6.07, 6.45) is 3.05. The van der Waals surface area contributed by atoms with Gasteiger partial charge >= 0.3 is 0 Å². The molecule has 0 heterocycles. The fraction of sp³-hybridized carbons (Fsp3) is 0.800. The summed E-state index contributed by atoms with van der Waals surface area (Å²) < 4.78 is 0. The van der Waals surface area contributed by atoms with E-state index in [1.807, 2.05) is 20.8 Å². The number of likely N-dealkylation sites (N-methyl/N-ethyl adjacent to an activating group) is 1. The van der Waals surface area contributed by atoms with Crippen LogP contribution in [0.5, 0.6) is 0 Å². The van der Waals surface area contributed by atoms with Gasteiger partial charge in [-0.05, 0) is 13.8 Å². The van der Waals surface area contributed by atoms with Gasteiger partial charge in [0.05, 0.1) is 0 Å². The van der Waals surface area contributed by atoms with E-state index >= 15 is 0 Å². The van der Waals surface area contributed by atoms with Crippen LogP contribution in [-0.4, -0.2) is 24.4 Å². The molecular weight excluding hydrogens is 291 g/mol. The van der Waals surface area contributed by atoms with Crippen LogP contribution in [0.3, 0.4) is 0 Å². The van der Waals surface area contributed by atoms with Gasteiger partial charge in [0, 0.05) is 34.4 Å². The van der Waals surface area contributed by atoms with Gasteiger partial charge in [-0.1, -0.05) is 47.5 Å². The van der Waals surface area contributed by atoms with Crippen LogP contribution in [0, 0.1) is 7.43 Å². The van der Waals surface area contributed by atoms with Crippen LogP contribution in [0.4, 0.5) is 0 Å². The Morgan fingerprint density at radius 3 is 1.70 bits per heavy atom. The van der Waals surface area contributed by atoms with E-state index in [1.165, 1.54) is 12.8 Å². The zero-order valence-corrected chi connectivity index (χ0v) is 16.1. The largest absolute Gasteiger partial charge is 0.358 e. The number of amides is 2. The Morgan fingerprint density at radius 1 is 1.05 bits per heavy atom. The summed E-state index contributed by atoms with van der Waals surface area (Å²) in [7, 11) is 0. The van der Waals surface area contributed by atoms with E-state index in [2.05, 4.69) is 24.5 Å². The summed E-state index contributed by atoms with van der Waals surface area (Å²) in [6.45, 7) is 14.2. The van der Waals surface area contributed by atoms with Gasteiger partial charge in [0.25, 0.3) is 0 Å². The van der Waals surface area contributed by atoms with Crippen molar-refractivity contribution in [2.75, 3.05) is 6.54 Å². The Morgan fingerprint density at radius 2 is 1.45 bits per heavy atom. The number of hydrogen-bond donors (Lipinski definition) is 2. The fourth-order valence-electron chi connectivity index (χ4n) is 0.736. The second-order valence-corrected chi connectivity index (χ2v) is 3.54. The molecule has 0 fully saturated rings. The smallest absolute Gasteiger partial charge is 0.242 e. The zero-order chi connectivity index (χ0) is 15.0. The average molecular weight is 330 g/mol. The standard InChI is InChI=1S/C8H16N2O2.C4H10.C2H6.CH3.V.2H2/c1-4-7(11)10-6(3)8(12)9-5-2;1-3-4-2;1-2;;;;/h6H,4-5H2,1-3H3,(H,9,12)(H,10,11);3-4H2,1-2H3;1-2H3;1H3;;2*1H/q;;;-1;;;/t6-;;;;;;/m1....../s1. The minimum atomic E-state index is -0.433. The van der Waals surface area contributed by atoms with Crippen LogP contribution >= 0.6 is 0 Å². The zero-order valence-electron chi connectivity index (χ0n) is 14.7. The van der Waals surface area contributed by atoms with Gasteiger partial charge < -0.3 is 18.1 Å². The molecule has 0 aliphatic heterocycles. The molecule has 0 bridgehead atoms. The van der Waals surface area contributed by atoms with Gasteiger partial charge in [-0.15, -0.1) is 0 Å². The van der Waals surface area contributed by atoms with Crippen LogP contribution in [0.2, 0.25) is 0 Å². The predicted octanol–water partition coefficient (Wildman–Crippen LogP) is 3.81. The minimum Gasteiger partial charge on any atom is -0.358 e. The average Bonchev–Trinajstić information content (AvgIpc) is 2.41. The van der Waals surface area contributed by atoms with Crippen LogP contribution in [-0.2, 0) is 28.1 Å². The van der Waals surface area contributed by atoms with Crippen molar-refractivity contribution in [1.29, 1.82) is 0 Å². The number of rotatable bonds is 5. The molecule has 2 N–H and O–H groups in total. The topological polar surface area (TPSA) is 58.2 Å². The van der Waals surface area contributed by atoms with Gasteiger partial charge in [-0.2, -0.15) is 0 Å². The van der Waals surface area contributed by atoms with E-state index in [4.69, 9.17) is 0 Å². The molecule has 0 saturated carbocycles. The molecule has 0 aliphatic rings. The molecular formula is C15H39N2O2V-. The van der Waals surface area contributed by atoms with E-state index in [1.54, 1.807) is 13.8 Å². The number of nitrogens with one attached hydrogen (secondary N) is 2. The molecule has 0 aliphatic carbocycles. The quantitative estimate of drug-likeness (QED) is 0.753. The summed E-state index contributed by atoms with van der Waals surface area (Å²) in [5, 5.41) is 5.18. The van der Waals surface area contributed by atoms with Crippen molar-refractivity contribution in [3.63, 3.8) is 0 Å². The molecule has 1 atom stereocenters. The van der Waals surface area contributed by atoms with Gasteiger partial charge in [0.2, 0.25) is 11.8 Å². The molecule has 2 amide bonds. The van der Waals surface area contributed by atoms with Crippen LogP contribution in [0.1, 0.15) is 70.6 Å². The van der Waals surface area contributed by atoms with Gasteiger partial charge in [-0.3, -0.25) is 9.59 Å². The van der Waals surface area contributed by atoms with E-state index in [9.17, 15) is 9.59 Å². The molecule has 0 aromatic carbocycles. The van der Waals surface area contributed by atoms with Gasteiger partial charge in [-0.25, -0.2) is 0 Å². The minimum absolute atomic E-state index is 0. The number of carbonyl (C=O) groups excluding carboxylic acids is 2. The third-order valence-corrected chi connectivity index (χ3v) is 1.94. The summed E-state index contributed by atoms with van der Waals surface area (Å²) in [5.74, 6) is -0.243. The Hall–Kier alpha value is -0.476. The first kappa shape index (κ1) is 31.8. The number of unbranched alkanes of at least 4 members (excludes halogenated alkanes) is 1. The first-order chi connectivity index (χ1) is 8.53. The van der Waals surface area contributed by atoms with Crippen molar-refractivity contribution >= 4 is 11.8 Å².